The maximum Gasteiger partial charge on any atom is 0.328 e. The van der Waals surface area contributed by atoms with Crippen LogP contribution in [-0.4, -0.2) is 107 Å². The van der Waals surface area contributed by atoms with Gasteiger partial charge < -0.3 is 59.7 Å². The average molecular weight is 701 g/mol. The number of guanidine groups is 1. The van der Waals surface area contributed by atoms with E-state index in [0.29, 0.717) is 6.42 Å². The van der Waals surface area contributed by atoms with Crippen LogP contribution in [-0.2, 0) is 33.6 Å². The second-order valence-corrected chi connectivity index (χ2v) is 13.0. The van der Waals surface area contributed by atoms with Crippen molar-refractivity contribution in [2.45, 2.75) is 110 Å². The number of carboxylic acid groups (broad SMARTS) is 1. The zero-order valence-electron chi connectivity index (χ0n) is 29.2. The van der Waals surface area contributed by atoms with Crippen LogP contribution in [0.1, 0.15) is 73.6 Å². The SMILES string of the molecule is CC(C)C[C@H](NC(=O)[C@@H](NC(=O)[C@H](CC(C)C)NC(=O)[C@@H](N)CCCN=C(N)N)C(C)C)C(=O)N[C@@H](CC(N)=O)C(=O)N[C@@H](CO)C(=O)O. The predicted molar refractivity (Wildman–Crippen MR) is 180 cm³/mol. The highest BCUT2D eigenvalue weighted by atomic mass is 16.4. The summed E-state index contributed by atoms with van der Waals surface area (Å²) < 4.78 is 0. The van der Waals surface area contributed by atoms with Crippen molar-refractivity contribution in [2.75, 3.05) is 13.2 Å². The zero-order valence-corrected chi connectivity index (χ0v) is 29.2. The molecular formula is C30H56N10O9. The van der Waals surface area contributed by atoms with Crippen molar-refractivity contribution in [3.05, 3.63) is 0 Å². The molecule has 0 saturated heterocycles. The fourth-order valence-electron chi connectivity index (χ4n) is 4.53. The van der Waals surface area contributed by atoms with Crippen LogP contribution in [0.15, 0.2) is 4.99 Å². The Hall–Kier alpha value is -4.52. The van der Waals surface area contributed by atoms with E-state index in [2.05, 4.69) is 26.3 Å². The van der Waals surface area contributed by atoms with Gasteiger partial charge in [0.05, 0.1) is 19.1 Å². The number of aliphatic imine (C=N–C) groups is 1. The zero-order chi connectivity index (χ0) is 38.0. The van der Waals surface area contributed by atoms with Crippen LogP contribution < -0.4 is 49.5 Å². The second kappa shape index (κ2) is 22.2. The van der Waals surface area contributed by atoms with Gasteiger partial charge in [0.2, 0.25) is 35.4 Å². The molecule has 0 heterocycles. The third-order valence-corrected chi connectivity index (χ3v) is 7.07. The molecule has 0 rings (SSSR count). The number of hydrogen-bond donors (Lipinski definition) is 11. The van der Waals surface area contributed by atoms with Gasteiger partial charge in [0.1, 0.15) is 30.2 Å². The molecule has 0 aliphatic heterocycles. The topological polar surface area (TPSA) is 337 Å². The van der Waals surface area contributed by atoms with Gasteiger partial charge in [0.15, 0.2) is 5.96 Å². The Balaban J connectivity index is 5.94. The monoisotopic (exact) mass is 700 g/mol. The standard InChI is InChI=1S/C30H56N10O9/c1-14(2)10-18(25(44)37-20(12-22(32)42)26(45)39-21(13-41)29(48)49)38-28(47)23(16(5)6)40-27(46)19(11-15(3)4)36-24(43)17(31)8-7-9-35-30(33)34/h14-21,23,41H,7-13,31H2,1-6H3,(H2,32,42)(H,36,43)(H,37,44)(H,38,47)(H,39,45)(H,40,46)(H,48,49)(H4,33,34,35)/t17-,18-,19-,20-,21-,23-/m0/s1. The Labute approximate surface area is 286 Å². The van der Waals surface area contributed by atoms with E-state index in [1.165, 1.54) is 0 Å². The van der Waals surface area contributed by atoms with Gasteiger partial charge in [-0.25, -0.2) is 4.79 Å². The van der Waals surface area contributed by atoms with Gasteiger partial charge in [-0.2, -0.15) is 0 Å². The van der Waals surface area contributed by atoms with Crippen molar-refractivity contribution in [1.29, 1.82) is 0 Å². The van der Waals surface area contributed by atoms with E-state index in [4.69, 9.17) is 28.0 Å². The fraction of sp³-hybridized carbons (Fsp3) is 0.733. The molecule has 0 bridgehead atoms. The summed E-state index contributed by atoms with van der Waals surface area (Å²) in [7, 11) is 0. The van der Waals surface area contributed by atoms with Gasteiger partial charge >= 0.3 is 5.97 Å². The number of carbonyl (C=O) groups is 7. The fourth-order valence-corrected chi connectivity index (χ4v) is 4.53. The number of primary amides is 1. The Kier molecular flexibility index (Phi) is 20.1. The minimum atomic E-state index is -1.71. The van der Waals surface area contributed by atoms with Crippen molar-refractivity contribution in [3.63, 3.8) is 0 Å². The summed E-state index contributed by atoms with van der Waals surface area (Å²) in [6, 6.07) is -7.75. The summed E-state index contributed by atoms with van der Waals surface area (Å²) in [5.74, 6) is -7.25. The predicted octanol–water partition coefficient (Wildman–Crippen LogP) is -3.51. The van der Waals surface area contributed by atoms with Crippen molar-refractivity contribution < 1.29 is 43.8 Å². The third-order valence-electron chi connectivity index (χ3n) is 7.07. The number of nitrogens with one attached hydrogen (secondary N) is 5. The number of carboxylic acids is 1. The second-order valence-electron chi connectivity index (χ2n) is 13.0. The lowest BCUT2D eigenvalue weighted by atomic mass is 9.98. The summed E-state index contributed by atoms with van der Waals surface area (Å²) in [6.45, 7) is 9.88. The Morgan fingerprint density at radius 2 is 1.10 bits per heavy atom. The summed E-state index contributed by atoms with van der Waals surface area (Å²) >= 11 is 0. The van der Waals surface area contributed by atoms with Crippen LogP contribution in [0.4, 0.5) is 0 Å². The molecule has 0 radical (unpaired) electrons. The normalized spacial score (nSPS) is 14.8. The van der Waals surface area contributed by atoms with Gasteiger partial charge in [-0.05, 0) is 43.4 Å². The van der Waals surface area contributed by atoms with Crippen LogP contribution in [0.2, 0.25) is 0 Å². The molecule has 0 spiro atoms. The van der Waals surface area contributed by atoms with E-state index in [-0.39, 0.29) is 43.6 Å². The molecule has 0 aromatic carbocycles. The van der Waals surface area contributed by atoms with Crippen LogP contribution in [0.5, 0.6) is 0 Å². The van der Waals surface area contributed by atoms with Crippen LogP contribution in [0.3, 0.4) is 0 Å². The molecule has 280 valence electrons. The Morgan fingerprint density at radius 1 is 0.653 bits per heavy atom. The summed E-state index contributed by atoms with van der Waals surface area (Å²) in [4.78, 5) is 92.7. The first-order chi connectivity index (χ1) is 22.7. The molecule has 19 heteroatoms. The van der Waals surface area contributed by atoms with Crippen LogP contribution >= 0.6 is 0 Å². The first-order valence-electron chi connectivity index (χ1n) is 16.1. The summed E-state index contributed by atoms with van der Waals surface area (Å²) in [5.41, 5.74) is 21.9. The molecule has 0 aliphatic carbocycles. The van der Waals surface area contributed by atoms with Gasteiger partial charge in [-0.1, -0.05) is 41.5 Å². The average Bonchev–Trinajstić information content (AvgIpc) is 2.97. The van der Waals surface area contributed by atoms with E-state index in [1.54, 1.807) is 27.7 Å². The number of aliphatic hydroxyl groups excluding tert-OH is 1. The highest BCUT2D eigenvalue weighted by molar-refractivity contribution is 5.97. The maximum absolute atomic E-state index is 13.6. The molecule has 0 saturated carbocycles. The number of aliphatic carboxylic acids is 1. The lowest BCUT2D eigenvalue weighted by Gasteiger charge is -2.29. The largest absolute Gasteiger partial charge is 0.480 e. The molecule has 0 unspecified atom stereocenters. The molecule has 49 heavy (non-hydrogen) atoms. The van der Waals surface area contributed by atoms with Gasteiger partial charge in [0, 0.05) is 6.54 Å². The summed E-state index contributed by atoms with van der Waals surface area (Å²) in [6.07, 6.45) is 0.269. The molecule has 6 amide bonds. The Morgan fingerprint density at radius 3 is 1.53 bits per heavy atom. The van der Waals surface area contributed by atoms with E-state index in [9.17, 15) is 38.7 Å². The number of carbonyl (C=O) groups excluding carboxylic acids is 6. The first kappa shape index (κ1) is 44.5. The number of aliphatic hydroxyl groups is 1. The minimum absolute atomic E-state index is 0.0340. The Bertz CT molecular complexity index is 1170. The molecule has 0 aliphatic rings. The summed E-state index contributed by atoms with van der Waals surface area (Å²) in [5, 5.41) is 30.6. The van der Waals surface area contributed by atoms with Crippen molar-refractivity contribution >= 4 is 47.4 Å². The van der Waals surface area contributed by atoms with E-state index < -0.39 is 96.6 Å². The number of rotatable bonds is 23. The van der Waals surface area contributed by atoms with E-state index in [1.807, 2.05) is 19.2 Å². The lowest BCUT2D eigenvalue weighted by Crippen LogP contribution is -2.60. The van der Waals surface area contributed by atoms with Gasteiger partial charge in [-0.15, -0.1) is 0 Å². The maximum atomic E-state index is 13.6. The molecular weight excluding hydrogens is 644 g/mol. The molecule has 15 N–H and O–H groups in total. The van der Waals surface area contributed by atoms with E-state index >= 15 is 0 Å². The molecule has 19 nitrogen and oxygen atoms in total. The number of amides is 6. The highest BCUT2D eigenvalue weighted by Gasteiger charge is 2.34. The van der Waals surface area contributed by atoms with Crippen LogP contribution in [0.25, 0.3) is 0 Å². The van der Waals surface area contributed by atoms with Crippen LogP contribution in [0, 0.1) is 17.8 Å². The number of nitrogens with two attached hydrogens (primary N) is 4. The van der Waals surface area contributed by atoms with Crippen molar-refractivity contribution in [3.8, 4) is 0 Å². The van der Waals surface area contributed by atoms with Gasteiger partial charge in [0.25, 0.3) is 0 Å². The van der Waals surface area contributed by atoms with Crippen molar-refractivity contribution in [2.24, 2.45) is 45.7 Å². The molecule has 0 aromatic heterocycles. The minimum Gasteiger partial charge on any atom is -0.480 e. The van der Waals surface area contributed by atoms with E-state index in [0.717, 1.165) is 0 Å². The lowest BCUT2D eigenvalue weighted by molar-refractivity contribution is -0.143. The number of hydrogen-bond acceptors (Lipinski definition) is 10. The molecule has 6 atom stereocenters. The first-order valence-corrected chi connectivity index (χ1v) is 16.1. The third kappa shape index (κ3) is 18.0. The highest BCUT2D eigenvalue weighted by Crippen LogP contribution is 2.11. The van der Waals surface area contributed by atoms with Gasteiger partial charge in [-0.3, -0.25) is 33.8 Å². The number of nitrogens with zero attached hydrogens (tertiary/aromatic N) is 1. The smallest absolute Gasteiger partial charge is 0.328 e. The quantitative estimate of drug-likeness (QED) is 0.0281. The van der Waals surface area contributed by atoms with Crippen molar-refractivity contribution in [1.82, 2.24) is 26.6 Å². The molecule has 0 aromatic rings. The molecule has 0 fully saturated rings.